The molecule has 2 N–H and O–H groups in total. The van der Waals surface area contributed by atoms with E-state index in [0.29, 0.717) is 36.9 Å². The third-order valence-corrected chi connectivity index (χ3v) is 10.6. The second-order valence-corrected chi connectivity index (χ2v) is 13.2. The third-order valence-electron chi connectivity index (χ3n) is 5.01. The molecule has 0 aliphatic rings. The smallest absolute Gasteiger partial charge is 0.460 e. The summed E-state index contributed by atoms with van der Waals surface area (Å²) in [5.74, 6) is -0.493. The van der Waals surface area contributed by atoms with Gasteiger partial charge in [0.2, 0.25) is 0 Å². The average Bonchev–Trinajstić information content (AvgIpc) is 2.80. The lowest BCUT2D eigenvalue weighted by molar-refractivity contribution is -0.138. The normalized spacial score (nSPS) is 12.8. The van der Waals surface area contributed by atoms with Crippen LogP contribution in [0.2, 0.25) is 12.1 Å². The van der Waals surface area contributed by atoms with Crippen molar-refractivity contribution in [2.24, 2.45) is 0 Å². The van der Waals surface area contributed by atoms with Gasteiger partial charge in [0.1, 0.15) is 6.61 Å². The van der Waals surface area contributed by atoms with Crippen molar-refractivity contribution < 1.29 is 40.9 Å². The predicted molar refractivity (Wildman–Crippen MR) is 123 cm³/mol. The predicted octanol–water partition coefficient (Wildman–Crippen LogP) is 1.70. The van der Waals surface area contributed by atoms with Crippen LogP contribution in [0.5, 0.6) is 0 Å². The highest BCUT2D eigenvalue weighted by molar-refractivity contribution is 6.60. The molecule has 1 unspecified atom stereocenters. The van der Waals surface area contributed by atoms with Crippen LogP contribution in [0.4, 0.5) is 4.79 Å². The van der Waals surface area contributed by atoms with E-state index in [4.69, 9.17) is 31.3 Å². The Hall–Kier alpha value is -1.33. The highest BCUT2D eigenvalue weighted by atomic mass is 28.4. The molecule has 0 aliphatic carbocycles. The lowest BCUT2D eigenvalue weighted by atomic mass is 10.1. The van der Waals surface area contributed by atoms with Crippen LogP contribution >= 0.6 is 0 Å². The Morgan fingerprint density at radius 1 is 0.844 bits per heavy atom. The van der Waals surface area contributed by atoms with E-state index in [9.17, 15) is 9.59 Å². The molecule has 32 heavy (non-hydrogen) atoms. The van der Waals surface area contributed by atoms with Crippen molar-refractivity contribution in [3.05, 3.63) is 12.2 Å². The molecule has 0 bridgehead atoms. The maximum atomic E-state index is 12.4. The van der Waals surface area contributed by atoms with Crippen LogP contribution in [0.25, 0.3) is 0 Å². The van der Waals surface area contributed by atoms with Gasteiger partial charge in [-0.15, -0.1) is 0 Å². The number of hydrogen-bond donors (Lipinski definition) is 2. The second-order valence-electron chi connectivity index (χ2n) is 7.04. The number of amides is 2. The van der Waals surface area contributed by atoms with Crippen LogP contribution in [-0.2, 0) is 36.1 Å². The van der Waals surface area contributed by atoms with Gasteiger partial charge in [-0.2, -0.15) is 0 Å². The van der Waals surface area contributed by atoms with Crippen molar-refractivity contribution >= 4 is 29.6 Å². The Balaban J connectivity index is 4.88. The molecular weight excluding hydrogens is 456 g/mol. The molecule has 0 aromatic carbocycles. The van der Waals surface area contributed by atoms with E-state index in [1.807, 2.05) is 0 Å². The van der Waals surface area contributed by atoms with Crippen LogP contribution in [0.1, 0.15) is 26.2 Å². The number of urea groups is 1. The van der Waals surface area contributed by atoms with Gasteiger partial charge in [0.05, 0.1) is 6.54 Å². The summed E-state index contributed by atoms with van der Waals surface area (Å²) < 4.78 is 37.8. The van der Waals surface area contributed by atoms with Gasteiger partial charge in [-0.1, -0.05) is 6.58 Å². The molecule has 0 heterocycles. The van der Waals surface area contributed by atoms with Crippen LogP contribution < -0.4 is 10.6 Å². The maximum absolute atomic E-state index is 12.4. The maximum Gasteiger partial charge on any atom is 0.500 e. The molecule has 13 heteroatoms. The van der Waals surface area contributed by atoms with E-state index >= 15 is 0 Å². The van der Waals surface area contributed by atoms with E-state index < -0.39 is 23.6 Å². The highest BCUT2D eigenvalue weighted by Crippen LogP contribution is 2.21. The van der Waals surface area contributed by atoms with Gasteiger partial charge in [0, 0.05) is 66.4 Å². The number of esters is 1. The summed E-state index contributed by atoms with van der Waals surface area (Å²) in [5.41, 5.74) is 0.305. The molecule has 0 aromatic rings. The Morgan fingerprint density at radius 2 is 1.34 bits per heavy atom. The fraction of sp³-hybridized carbons (Fsp3) is 0.789. The zero-order chi connectivity index (χ0) is 24.6. The van der Waals surface area contributed by atoms with Gasteiger partial charge >= 0.3 is 29.6 Å². The molecule has 188 valence electrons. The van der Waals surface area contributed by atoms with E-state index in [1.165, 1.54) is 0 Å². The molecular formula is C19H40N2O9Si2. The van der Waals surface area contributed by atoms with E-state index in [0.717, 1.165) is 0 Å². The van der Waals surface area contributed by atoms with Crippen molar-refractivity contribution in [2.45, 2.75) is 44.3 Å². The standard InChI is InChI=1S/C19H40N2O9Si2/c1-16(2)18(22)30-13-12-20-19(23)21-17(11-15-32(27-6,28-7)29-8)10-9-14-31(24-3,25-4)26-5/h17H,1,9-15H2,2-8H3,(H2,20,21,23). The quantitative estimate of drug-likeness (QED) is 0.126. The van der Waals surface area contributed by atoms with Crippen molar-refractivity contribution in [3.8, 4) is 0 Å². The lowest BCUT2D eigenvalue weighted by Gasteiger charge is -2.28. The summed E-state index contributed by atoms with van der Waals surface area (Å²) >= 11 is 0. The Labute approximate surface area is 193 Å². The molecule has 2 amide bonds. The number of hydrogen-bond acceptors (Lipinski definition) is 9. The molecule has 1 atom stereocenters. The largest absolute Gasteiger partial charge is 0.500 e. The SMILES string of the molecule is C=C(C)C(=O)OCCNC(=O)NC(CCC[Si](OC)(OC)OC)CC[Si](OC)(OC)OC. The van der Waals surface area contributed by atoms with Crippen molar-refractivity contribution in [3.63, 3.8) is 0 Å². The van der Waals surface area contributed by atoms with Crippen LogP contribution in [0.15, 0.2) is 12.2 Å². The van der Waals surface area contributed by atoms with Gasteiger partial charge in [0.25, 0.3) is 0 Å². The second kappa shape index (κ2) is 16.3. The fourth-order valence-corrected chi connectivity index (χ4v) is 6.55. The van der Waals surface area contributed by atoms with E-state index in [2.05, 4.69) is 17.2 Å². The molecule has 11 nitrogen and oxygen atoms in total. The van der Waals surface area contributed by atoms with Crippen LogP contribution in [0, 0.1) is 0 Å². The van der Waals surface area contributed by atoms with E-state index in [1.54, 1.807) is 49.6 Å². The zero-order valence-corrected chi connectivity index (χ0v) is 22.4. The zero-order valence-electron chi connectivity index (χ0n) is 20.4. The molecule has 0 spiro atoms. The average molecular weight is 497 g/mol. The molecule has 0 radical (unpaired) electrons. The third kappa shape index (κ3) is 11.0. The van der Waals surface area contributed by atoms with Gasteiger partial charge in [0.15, 0.2) is 0 Å². The van der Waals surface area contributed by atoms with E-state index in [-0.39, 0.29) is 25.2 Å². The molecule has 0 saturated heterocycles. The number of ether oxygens (including phenoxy) is 1. The number of carbonyl (C=O) groups is 2. The number of rotatable bonds is 18. The number of carbonyl (C=O) groups excluding carboxylic acids is 2. The summed E-state index contributed by atoms with van der Waals surface area (Å²) in [6.07, 6.45) is 1.95. The number of nitrogens with one attached hydrogen (secondary N) is 2. The van der Waals surface area contributed by atoms with Crippen molar-refractivity contribution in [1.29, 1.82) is 0 Å². The Morgan fingerprint density at radius 3 is 1.81 bits per heavy atom. The summed E-state index contributed by atoms with van der Waals surface area (Å²) in [5, 5.41) is 5.64. The Bertz CT molecular complexity index is 556. The molecule has 0 rings (SSSR count). The molecule has 0 aromatic heterocycles. The topological polar surface area (TPSA) is 123 Å². The molecule has 0 saturated carbocycles. The summed E-state index contributed by atoms with van der Waals surface area (Å²) in [4.78, 5) is 23.8. The van der Waals surface area contributed by atoms with Gasteiger partial charge < -0.3 is 41.9 Å². The minimum Gasteiger partial charge on any atom is -0.460 e. The summed E-state index contributed by atoms with van der Waals surface area (Å²) in [7, 11) is 3.88. The lowest BCUT2D eigenvalue weighted by Crippen LogP contribution is -2.47. The highest BCUT2D eigenvalue weighted by Gasteiger charge is 2.39. The fourth-order valence-electron chi connectivity index (χ4n) is 2.98. The van der Waals surface area contributed by atoms with Crippen LogP contribution in [-0.4, -0.2) is 91.5 Å². The first kappa shape index (κ1) is 30.7. The van der Waals surface area contributed by atoms with Gasteiger partial charge in [-0.3, -0.25) is 0 Å². The van der Waals surface area contributed by atoms with Gasteiger partial charge in [-0.05, 0) is 26.2 Å². The summed E-state index contributed by atoms with van der Waals surface area (Å²) in [6.45, 7) is 5.30. The molecule has 0 aliphatic heterocycles. The van der Waals surface area contributed by atoms with Crippen molar-refractivity contribution in [2.75, 3.05) is 55.8 Å². The minimum absolute atomic E-state index is 0.0560. The first-order chi connectivity index (χ1) is 15.2. The Kier molecular flexibility index (Phi) is 15.6. The summed E-state index contributed by atoms with van der Waals surface area (Å²) in [6, 6.07) is 0.584. The van der Waals surface area contributed by atoms with Crippen LogP contribution in [0.3, 0.4) is 0 Å². The van der Waals surface area contributed by atoms with Crippen molar-refractivity contribution in [1.82, 2.24) is 10.6 Å². The monoisotopic (exact) mass is 496 g/mol. The minimum atomic E-state index is -2.79. The van der Waals surface area contributed by atoms with Gasteiger partial charge in [-0.25, -0.2) is 9.59 Å². The molecule has 0 fully saturated rings. The first-order valence-corrected chi connectivity index (χ1v) is 14.2. The first-order valence-electron chi connectivity index (χ1n) is 10.3.